The molecule has 1 aliphatic carbocycles. The summed E-state index contributed by atoms with van der Waals surface area (Å²) in [4.78, 5) is 11.8. The Morgan fingerprint density at radius 3 is 2.32 bits per heavy atom. The van der Waals surface area contributed by atoms with E-state index in [1.165, 1.54) is 24.3 Å². The van der Waals surface area contributed by atoms with E-state index in [-0.39, 0.29) is 22.8 Å². The second-order valence-electron chi connectivity index (χ2n) is 5.61. The van der Waals surface area contributed by atoms with Crippen LogP contribution in [0.5, 0.6) is 17.2 Å². The first-order chi connectivity index (χ1) is 12.0. The molecule has 0 spiro atoms. The highest BCUT2D eigenvalue weighted by atomic mass is 35.5. The van der Waals surface area contributed by atoms with Crippen LogP contribution in [0.1, 0.15) is 0 Å². The van der Waals surface area contributed by atoms with Crippen molar-refractivity contribution >= 4 is 22.6 Å². The van der Waals surface area contributed by atoms with Gasteiger partial charge < -0.3 is 19.7 Å². The van der Waals surface area contributed by atoms with Gasteiger partial charge in [0.25, 0.3) is 0 Å². The molecule has 0 saturated heterocycles. The van der Waals surface area contributed by atoms with E-state index in [4.69, 9.17) is 16.0 Å². The first-order valence-corrected chi connectivity index (χ1v) is 7.74. The molecular formula is C19H11ClO5. The predicted molar refractivity (Wildman–Crippen MR) is 94.5 cm³/mol. The maximum atomic E-state index is 11.8. The molecule has 3 N–H and O–H groups in total. The monoisotopic (exact) mass is 354 g/mol. The molecule has 2 aliphatic rings. The maximum absolute atomic E-state index is 11.8. The Kier molecular flexibility index (Phi) is 3.33. The normalized spacial score (nSPS) is 11.2. The van der Waals surface area contributed by atoms with Gasteiger partial charge in [-0.15, -0.1) is 0 Å². The van der Waals surface area contributed by atoms with Gasteiger partial charge in [-0.2, -0.15) is 0 Å². The molecule has 0 unspecified atom stereocenters. The molecule has 0 radical (unpaired) electrons. The third kappa shape index (κ3) is 2.37. The molecule has 0 amide bonds. The second-order valence-corrected chi connectivity index (χ2v) is 6.02. The Morgan fingerprint density at radius 1 is 0.840 bits per heavy atom. The number of rotatable bonds is 1. The summed E-state index contributed by atoms with van der Waals surface area (Å²) in [5, 5.41) is 30.5. The zero-order valence-electron chi connectivity index (χ0n) is 12.7. The van der Waals surface area contributed by atoms with Crippen LogP contribution in [-0.2, 0) is 0 Å². The fourth-order valence-electron chi connectivity index (χ4n) is 2.88. The minimum Gasteiger partial charge on any atom is -0.504 e. The Hall–Kier alpha value is -3.18. The van der Waals surface area contributed by atoms with Gasteiger partial charge in [0, 0.05) is 39.2 Å². The number of phenols is 3. The van der Waals surface area contributed by atoms with Crippen LogP contribution in [-0.4, -0.2) is 15.3 Å². The Bertz CT molecular complexity index is 1160. The van der Waals surface area contributed by atoms with E-state index < -0.39 is 11.2 Å². The summed E-state index contributed by atoms with van der Waals surface area (Å²) >= 11 is 6.33. The average Bonchev–Trinajstić information content (AvgIpc) is 2.57. The van der Waals surface area contributed by atoms with Crippen LogP contribution >= 0.6 is 11.6 Å². The van der Waals surface area contributed by atoms with Gasteiger partial charge in [-0.1, -0.05) is 29.8 Å². The number of hydrogen-bond donors (Lipinski definition) is 3. The van der Waals surface area contributed by atoms with Crippen molar-refractivity contribution in [1.82, 2.24) is 0 Å². The van der Waals surface area contributed by atoms with Gasteiger partial charge in [0.2, 0.25) is 5.43 Å². The minimum atomic E-state index is -0.580. The first-order valence-electron chi connectivity index (χ1n) is 7.36. The quantitative estimate of drug-likeness (QED) is 0.349. The van der Waals surface area contributed by atoms with Gasteiger partial charge in [0.15, 0.2) is 17.2 Å². The van der Waals surface area contributed by atoms with E-state index in [2.05, 4.69) is 0 Å². The fourth-order valence-corrected chi connectivity index (χ4v) is 3.11. The summed E-state index contributed by atoms with van der Waals surface area (Å²) in [6.07, 6.45) is 0. The number of benzene rings is 3. The summed E-state index contributed by atoms with van der Waals surface area (Å²) < 4.78 is 5.69. The van der Waals surface area contributed by atoms with E-state index in [1.54, 1.807) is 24.3 Å². The molecule has 0 saturated carbocycles. The molecule has 0 atom stereocenters. The summed E-state index contributed by atoms with van der Waals surface area (Å²) in [7, 11) is 0. The largest absolute Gasteiger partial charge is 0.504 e. The lowest BCUT2D eigenvalue weighted by molar-refractivity contribution is 0.404. The van der Waals surface area contributed by atoms with Crippen molar-refractivity contribution in [2.45, 2.75) is 0 Å². The number of fused-ring (bicyclic) bond motifs is 2. The summed E-state index contributed by atoms with van der Waals surface area (Å²) in [6.45, 7) is 0. The molecule has 2 aromatic carbocycles. The molecule has 6 heteroatoms. The number of aromatic hydroxyl groups is 3. The van der Waals surface area contributed by atoms with Crippen LogP contribution in [0, 0.1) is 0 Å². The molecule has 124 valence electrons. The predicted octanol–water partition coefficient (Wildman–Crippen LogP) is 4.34. The Morgan fingerprint density at radius 2 is 1.56 bits per heavy atom. The standard InChI is InChI=1S/C19H11ClO5/c20-12-4-2-1-3-9(12)19-10-5-13(21)15(23)7-17(10)25-18-8-16(24)14(22)6-11(18)19/h1-8,21-23H. The zero-order valence-corrected chi connectivity index (χ0v) is 13.4. The van der Waals surface area contributed by atoms with Gasteiger partial charge in [-0.3, -0.25) is 4.79 Å². The van der Waals surface area contributed by atoms with E-state index >= 15 is 0 Å². The smallest absolute Gasteiger partial charge is 0.223 e. The van der Waals surface area contributed by atoms with E-state index in [1.807, 2.05) is 0 Å². The lowest BCUT2D eigenvalue weighted by Crippen LogP contribution is -2.01. The lowest BCUT2D eigenvalue weighted by Gasteiger charge is -2.16. The number of hydrogen-bond acceptors (Lipinski definition) is 5. The van der Waals surface area contributed by atoms with Crippen LogP contribution in [0.4, 0.5) is 0 Å². The molecule has 25 heavy (non-hydrogen) atoms. The van der Waals surface area contributed by atoms with Crippen molar-refractivity contribution in [3.63, 3.8) is 0 Å². The third-order valence-electron chi connectivity index (χ3n) is 4.04. The van der Waals surface area contributed by atoms with Crippen LogP contribution < -0.4 is 5.43 Å². The SMILES string of the molecule is O=c1cc2oc3cc(O)c(O)cc3c(-c3ccccc3Cl)c-2cc1O. The van der Waals surface area contributed by atoms with Gasteiger partial charge >= 0.3 is 0 Å². The third-order valence-corrected chi connectivity index (χ3v) is 4.37. The summed E-state index contributed by atoms with van der Waals surface area (Å²) in [6, 6.07) is 12.2. The molecular weight excluding hydrogens is 344 g/mol. The molecule has 1 aliphatic heterocycles. The summed E-state index contributed by atoms with van der Waals surface area (Å²) in [5.41, 5.74) is 1.36. The van der Waals surface area contributed by atoms with E-state index in [9.17, 15) is 20.1 Å². The van der Waals surface area contributed by atoms with Crippen molar-refractivity contribution in [3.8, 4) is 39.7 Å². The van der Waals surface area contributed by atoms with Crippen LogP contribution in [0.25, 0.3) is 33.4 Å². The van der Waals surface area contributed by atoms with Gasteiger partial charge in [0.05, 0.1) is 0 Å². The van der Waals surface area contributed by atoms with Crippen LogP contribution in [0.3, 0.4) is 0 Å². The molecule has 0 fully saturated rings. The Labute approximate surface area is 146 Å². The highest BCUT2D eigenvalue weighted by Gasteiger charge is 2.21. The van der Waals surface area contributed by atoms with Crippen molar-refractivity contribution in [3.05, 3.63) is 63.8 Å². The van der Waals surface area contributed by atoms with Gasteiger partial charge in [-0.05, 0) is 18.2 Å². The molecule has 2 aromatic rings. The Balaban J connectivity index is 2.27. The first kappa shape index (κ1) is 15.4. The van der Waals surface area contributed by atoms with Crippen molar-refractivity contribution in [2.75, 3.05) is 0 Å². The van der Waals surface area contributed by atoms with Crippen LogP contribution in [0.15, 0.2) is 57.7 Å². The fraction of sp³-hybridized carbons (Fsp3) is 0. The highest BCUT2D eigenvalue weighted by Crippen LogP contribution is 2.45. The maximum Gasteiger partial charge on any atom is 0.223 e. The minimum absolute atomic E-state index is 0.232. The molecule has 0 bridgehead atoms. The summed E-state index contributed by atoms with van der Waals surface area (Å²) in [5.74, 6) is -0.851. The van der Waals surface area contributed by atoms with E-state index in [0.717, 1.165) is 0 Å². The van der Waals surface area contributed by atoms with Crippen molar-refractivity contribution in [2.24, 2.45) is 0 Å². The molecule has 4 rings (SSSR count). The van der Waals surface area contributed by atoms with Crippen molar-refractivity contribution < 1.29 is 19.7 Å². The van der Waals surface area contributed by atoms with Gasteiger partial charge in [-0.25, -0.2) is 0 Å². The lowest BCUT2D eigenvalue weighted by atomic mass is 9.93. The molecule has 1 heterocycles. The average molecular weight is 355 g/mol. The van der Waals surface area contributed by atoms with E-state index in [0.29, 0.717) is 27.1 Å². The van der Waals surface area contributed by atoms with Crippen molar-refractivity contribution in [1.29, 1.82) is 0 Å². The number of phenolic OH excluding ortho intramolecular Hbond substituents is 3. The molecule has 5 nitrogen and oxygen atoms in total. The van der Waals surface area contributed by atoms with Gasteiger partial charge in [0.1, 0.15) is 11.3 Å². The highest BCUT2D eigenvalue weighted by molar-refractivity contribution is 6.34. The zero-order chi connectivity index (χ0) is 17.7. The molecule has 0 aromatic heterocycles. The van der Waals surface area contributed by atoms with Crippen LogP contribution in [0.2, 0.25) is 5.02 Å². The second kappa shape index (κ2) is 5.43. The number of halogens is 1. The topological polar surface area (TPSA) is 90.9 Å².